The van der Waals surface area contributed by atoms with Crippen LogP contribution in [0, 0.1) is 0 Å². The summed E-state index contributed by atoms with van der Waals surface area (Å²) in [6, 6.07) is 10.5. The SMILES string of the molecule is COc1cc(OC)cc(C(=O)N2CCCSC2=Nc2cc(OC)ccc2OC)c1. The van der Waals surface area contributed by atoms with Crippen LogP contribution in [-0.4, -0.2) is 56.7 Å². The third-order valence-corrected chi connectivity index (χ3v) is 5.50. The van der Waals surface area contributed by atoms with Gasteiger partial charge in [0, 0.05) is 30.0 Å². The summed E-state index contributed by atoms with van der Waals surface area (Å²) in [5.74, 6) is 3.13. The number of amidine groups is 1. The van der Waals surface area contributed by atoms with Gasteiger partial charge in [-0.05, 0) is 30.7 Å². The molecule has 0 aliphatic carbocycles. The van der Waals surface area contributed by atoms with E-state index in [1.165, 1.54) is 11.8 Å². The highest BCUT2D eigenvalue weighted by molar-refractivity contribution is 8.13. The van der Waals surface area contributed by atoms with Crippen LogP contribution >= 0.6 is 11.8 Å². The van der Waals surface area contributed by atoms with Gasteiger partial charge in [-0.1, -0.05) is 11.8 Å². The number of benzene rings is 2. The highest BCUT2D eigenvalue weighted by atomic mass is 32.2. The van der Waals surface area contributed by atoms with Crippen molar-refractivity contribution in [1.82, 2.24) is 4.90 Å². The number of rotatable bonds is 6. The van der Waals surface area contributed by atoms with E-state index in [4.69, 9.17) is 23.9 Å². The summed E-state index contributed by atoms with van der Waals surface area (Å²) in [6.07, 6.45) is 0.881. The summed E-state index contributed by atoms with van der Waals surface area (Å²) < 4.78 is 21.3. The van der Waals surface area contributed by atoms with E-state index in [0.717, 1.165) is 12.2 Å². The van der Waals surface area contributed by atoms with Crippen LogP contribution in [0.1, 0.15) is 16.8 Å². The maximum absolute atomic E-state index is 13.3. The minimum absolute atomic E-state index is 0.157. The van der Waals surface area contributed by atoms with Crippen molar-refractivity contribution in [3.05, 3.63) is 42.0 Å². The van der Waals surface area contributed by atoms with Crippen LogP contribution in [0.2, 0.25) is 0 Å². The van der Waals surface area contributed by atoms with E-state index < -0.39 is 0 Å². The Morgan fingerprint density at radius 3 is 2.24 bits per heavy atom. The molecule has 7 nitrogen and oxygen atoms in total. The van der Waals surface area contributed by atoms with E-state index in [9.17, 15) is 4.79 Å². The van der Waals surface area contributed by atoms with Crippen LogP contribution < -0.4 is 18.9 Å². The number of methoxy groups -OCH3 is 4. The van der Waals surface area contributed by atoms with Crippen LogP contribution in [0.4, 0.5) is 5.69 Å². The van der Waals surface area contributed by atoms with Crippen LogP contribution in [0.3, 0.4) is 0 Å². The quantitative estimate of drug-likeness (QED) is 0.709. The molecule has 1 aliphatic heterocycles. The number of hydrogen-bond donors (Lipinski definition) is 0. The third kappa shape index (κ3) is 4.76. The lowest BCUT2D eigenvalue weighted by Gasteiger charge is -2.28. The number of carbonyl (C=O) groups excluding carboxylic acids is 1. The van der Waals surface area contributed by atoms with E-state index in [2.05, 4.69) is 0 Å². The molecule has 2 aromatic carbocycles. The van der Waals surface area contributed by atoms with Crippen molar-refractivity contribution in [3.8, 4) is 23.0 Å². The van der Waals surface area contributed by atoms with E-state index in [0.29, 0.717) is 46.0 Å². The van der Waals surface area contributed by atoms with Crippen LogP contribution in [-0.2, 0) is 0 Å². The van der Waals surface area contributed by atoms with Crippen molar-refractivity contribution >= 4 is 28.5 Å². The number of carbonyl (C=O) groups is 1. The highest BCUT2D eigenvalue weighted by Gasteiger charge is 2.26. The van der Waals surface area contributed by atoms with Gasteiger partial charge in [-0.2, -0.15) is 0 Å². The fourth-order valence-corrected chi connectivity index (χ4v) is 3.86. The Morgan fingerprint density at radius 1 is 0.931 bits per heavy atom. The molecule has 0 radical (unpaired) electrons. The van der Waals surface area contributed by atoms with Crippen molar-refractivity contribution in [1.29, 1.82) is 0 Å². The Labute approximate surface area is 174 Å². The molecule has 1 heterocycles. The second kappa shape index (κ2) is 9.56. The molecule has 154 valence electrons. The first-order valence-corrected chi connectivity index (χ1v) is 10.1. The largest absolute Gasteiger partial charge is 0.497 e. The lowest BCUT2D eigenvalue weighted by atomic mass is 10.1. The topological polar surface area (TPSA) is 69.6 Å². The zero-order valence-electron chi connectivity index (χ0n) is 16.9. The van der Waals surface area contributed by atoms with Gasteiger partial charge in [0.25, 0.3) is 5.91 Å². The number of amides is 1. The minimum Gasteiger partial charge on any atom is -0.497 e. The van der Waals surface area contributed by atoms with Gasteiger partial charge >= 0.3 is 0 Å². The van der Waals surface area contributed by atoms with E-state index in [1.807, 2.05) is 6.07 Å². The molecule has 0 aromatic heterocycles. The van der Waals surface area contributed by atoms with Gasteiger partial charge in [-0.15, -0.1) is 0 Å². The Balaban J connectivity index is 1.98. The van der Waals surface area contributed by atoms with Gasteiger partial charge in [0.2, 0.25) is 0 Å². The maximum Gasteiger partial charge on any atom is 0.260 e. The number of thioether (sulfide) groups is 1. The molecular weight excluding hydrogens is 392 g/mol. The van der Waals surface area contributed by atoms with Crippen molar-refractivity contribution in [2.24, 2.45) is 4.99 Å². The van der Waals surface area contributed by atoms with Gasteiger partial charge in [0.1, 0.15) is 28.7 Å². The first-order valence-electron chi connectivity index (χ1n) is 9.08. The lowest BCUT2D eigenvalue weighted by Crippen LogP contribution is -2.39. The summed E-state index contributed by atoms with van der Waals surface area (Å²) in [5, 5.41) is 0.620. The van der Waals surface area contributed by atoms with E-state index in [-0.39, 0.29) is 5.91 Å². The van der Waals surface area contributed by atoms with Crippen LogP contribution in [0.5, 0.6) is 23.0 Å². The number of hydrogen-bond acceptors (Lipinski definition) is 7. The number of nitrogens with zero attached hydrogens (tertiary/aromatic N) is 2. The summed E-state index contributed by atoms with van der Waals surface area (Å²) in [7, 11) is 6.30. The number of aliphatic imine (C=N–C) groups is 1. The fraction of sp³-hybridized carbons (Fsp3) is 0.333. The average molecular weight is 416 g/mol. The first-order chi connectivity index (χ1) is 14.1. The van der Waals surface area contributed by atoms with Gasteiger partial charge in [-0.25, -0.2) is 4.99 Å². The number of ether oxygens (including phenoxy) is 4. The average Bonchev–Trinajstić information content (AvgIpc) is 2.78. The smallest absolute Gasteiger partial charge is 0.260 e. The molecule has 8 heteroatoms. The zero-order chi connectivity index (χ0) is 20.8. The summed E-state index contributed by atoms with van der Waals surface area (Å²) in [6.45, 7) is 0.580. The van der Waals surface area contributed by atoms with E-state index >= 15 is 0 Å². The lowest BCUT2D eigenvalue weighted by molar-refractivity contribution is 0.0848. The molecule has 2 aromatic rings. The maximum atomic E-state index is 13.3. The molecular formula is C21H24N2O5S. The Bertz CT molecular complexity index is 894. The second-order valence-electron chi connectivity index (χ2n) is 6.19. The Hall–Kier alpha value is -2.87. The summed E-state index contributed by atoms with van der Waals surface area (Å²) >= 11 is 1.54. The molecule has 3 rings (SSSR count). The van der Waals surface area contributed by atoms with Gasteiger partial charge < -0.3 is 18.9 Å². The first kappa shape index (κ1) is 20.9. The standard InChI is InChI=1S/C21H24N2O5S/c1-25-15-6-7-19(28-4)18(13-15)22-21-23(8-5-9-29-21)20(24)14-10-16(26-2)12-17(11-14)27-3/h6-7,10-13H,5,8-9H2,1-4H3. The molecule has 0 unspecified atom stereocenters. The molecule has 0 spiro atoms. The van der Waals surface area contributed by atoms with Crippen LogP contribution in [0.15, 0.2) is 41.4 Å². The zero-order valence-corrected chi connectivity index (χ0v) is 17.7. The molecule has 1 saturated heterocycles. The molecule has 0 bridgehead atoms. The van der Waals surface area contributed by atoms with Crippen molar-refractivity contribution in [2.75, 3.05) is 40.7 Å². The van der Waals surface area contributed by atoms with E-state index in [1.54, 1.807) is 63.7 Å². The predicted molar refractivity (Wildman–Crippen MR) is 114 cm³/mol. The molecule has 0 N–H and O–H groups in total. The molecule has 1 aliphatic rings. The second-order valence-corrected chi connectivity index (χ2v) is 7.25. The predicted octanol–water partition coefficient (Wildman–Crippen LogP) is 3.99. The van der Waals surface area contributed by atoms with Crippen molar-refractivity contribution in [3.63, 3.8) is 0 Å². The molecule has 0 saturated carbocycles. The molecule has 1 amide bonds. The van der Waals surface area contributed by atoms with Crippen molar-refractivity contribution < 1.29 is 23.7 Å². The highest BCUT2D eigenvalue weighted by Crippen LogP contribution is 2.34. The minimum atomic E-state index is -0.157. The monoisotopic (exact) mass is 416 g/mol. The molecule has 29 heavy (non-hydrogen) atoms. The fourth-order valence-electron chi connectivity index (χ4n) is 2.91. The van der Waals surface area contributed by atoms with Crippen LogP contribution in [0.25, 0.3) is 0 Å². The van der Waals surface area contributed by atoms with Crippen molar-refractivity contribution in [2.45, 2.75) is 6.42 Å². The molecule has 1 fully saturated rings. The van der Waals surface area contributed by atoms with Gasteiger partial charge in [0.15, 0.2) is 5.17 Å². The van der Waals surface area contributed by atoms with Gasteiger partial charge in [0.05, 0.1) is 28.4 Å². The Morgan fingerprint density at radius 2 is 1.62 bits per heavy atom. The normalized spacial score (nSPS) is 15.2. The van der Waals surface area contributed by atoms with Gasteiger partial charge in [-0.3, -0.25) is 9.69 Å². The summed E-state index contributed by atoms with van der Waals surface area (Å²) in [4.78, 5) is 19.7. The third-order valence-electron chi connectivity index (χ3n) is 4.43. The molecule has 0 atom stereocenters. The Kier molecular flexibility index (Phi) is 6.87. The summed E-state index contributed by atoms with van der Waals surface area (Å²) in [5.41, 5.74) is 1.09.